The molecule has 8 atom stereocenters. The summed E-state index contributed by atoms with van der Waals surface area (Å²) in [7, 11) is 0. The molecule has 5 fully saturated rings. The average molecular weight is 578 g/mol. The maximum Gasteiger partial charge on any atom is 0.222 e. The maximum absolute atomic E-state index is 12.6. The number of fused-ring (bicyclic) bond motifs is 5. The standard InChI is InChI=1S/C37H55NO4/c1-36-18-16-29(39)25-28(36)24-27(35-31-14-15-33(40)37(31,2)19-17-32(35)36)11-7-9-26-10-8-12-30(23-26)42-22-6-3-13-34(41)38-20-4-5-21-38/h8,10,12,23,27-28,31-33,35,40H,3-7,9,11,13-22,24-25H2,1-2H3/t27-,28+,31+,32+,33+,35+,36+,37+/m1/s1. The van der Waals surface area contributed by atoms with Crippen molar-refractivity contribution in [3.8, 4) is 5.75 Å². The van der Waals surface area contributed by atoms with Gasteiger partial charge in [-0.3, -0.25) is 9.59 Å². The molecule has 0 bridgehead atoms. The lowest BCUT2D eigenvalue weighted by atomic mass is 9.42. The number of benzene rings is 1. The molecule has 42 heavy (non-hydrogen) atoms. The van der Waals surface area contributed by atoms with Crippen LogP contribution in [-0.2, 0) is 16.0 Å². The second kappa shape index (κ2) is 12.6. The molecule has 1 aromatic rings. The third kappa shape index (κ3) is 5.93. The Hall–Kier alpha value is -1.88. The summed E-state index contributed by atoms with van der Waals surface area (Å²) in [6.07, 6.45) is 16.4. The molecule has 4 aliphatic carbocycles. The van der Waals surface area contributed by atoms with E-state index >= 15 is 0 Å². The molecule has 6 rings (SSSR count). The van der Waals surface area contributed by atoms with Gasteiger partial charge in [-0.25, -0.2) is 0 Å². The van der Waals surface area contributed by atoms with Gasteiger partial charge in [0.15, 0.2) is 0 Å². The monoisotopic (exact) mass is 577 g/mol. The van der Waals surface area contributed by atoms with Crippen LogP contribution in [0.5, 0.6) is 5.75 Å². The van der Waals surface area contributed by atoms with E-state index in [-0.39, 0.29) is 11.5 Å². The Balaban J connectivity index is 1.03. The van der Waals surface area contributed by atoms with Crippen molar-refractivity contribution in [1.29, 1.82) is 0 Å². The number of ether oxygens (including phenoxy) is 1. The number of carbonyl (C=O) groups excluding carboxylic acids is 2. The van der Waals surface area contributed by atoms with Crippen LogP contribution in [0.1, 0.15) is 116 Å². The largest absolute Gasteiger partial charge is 0.494 e. The summed E-state index contributed by atoms with van der Waals surface area (Å²) in [5, 5.41) is 11.0. The van der Waals surface area contributed by atoms with Gasteiger partial charge in [0, 0.05) is 32.4 Å². The first-order valence-corrected chi connectivity index (χ1v) is 17.5. The van der Waals surface area contributed by atoms with Crippen molar-refractivity contribution in [2.45, 2.75) is 123 Å². The highest BCUT2D eigenvalue weighted by molar-refractivity contribution is 5.79. The van der Waals surface area contributed by atoms with Crippen LogP contribution in [0.3, 0.4) is 0 Å². The third-order valence-electron chi connectivity index (χ3n) is 13.1. The summed E-state index contributed by atoms with van der Waals surface area (Å²) in [6, 6.07) is 8.61. The van der Waals surface area contributed by atoms with Crippen LogP contribution in [-0.4, -0.2) is 47.5 Å². The smallest absolute Gasteiger partial charge is 0.222 e. The van der Waals surface area contributed by atoms with E-state index in [9.17, 15) is 14.7 Å². The number of Topliss-reactive ketones (excluding diaryl/α,β-unsaturated/α-hetero) is 1. The molecule has 0 radical (unpaired) electrons. The summed E-state index contributed by atoms with van der Waals surface area (Å²) in [6.45, 7) is 7.45. The number of amides is 1. The Morgan fingerprint density at radius 1 is 1.02 bits per heavy atom. The van der Waals surface area contributed by atoms with Gasteiger partial charge in [0.1, 0.15) is 11.5 Å². The Bertz CT molecular complexity index is 1110. The minimum Gasteiger partial charge on any atom is -0.494 e. The van der Waals surface area contributed by atoms with E-state index in [4.69, 9.17) is 4.74 Å². The van der Waals surface area contributed by atoms with Crippen LogP contribution in [0.2, 0.25) is 0 Å². The van der Waals surface area contributed by atoms with Crippen LogP contribution in [0, 0.1) is 40.4 Å². The molecule has 1 aromatic carbocycles. The zero-order valence-electron chi connectivity index (χ0n) is 26.3. The number of aliphatic hydroxyl groups is 1. The van der Waals surface area contributed by atoms with E-state index in [1.54, 1.807) is 0 Å². The summed E-state index contributed by atoms with van der Waals surface area (Å²) in [5.41, 5.74) is 1.73. The van der Waals surface area contributed by atoms with Crippen molar-refractivity contribution in [2.75, 3.05) is 19.7 Å². The van der Waals surface area contributed by atoms with Crippen molar-refractivity contribution in [3.05, 3.63) is 29.8 Å². The highest BCUT2D eigenvalue weighted by atomic mass is 16.5. The first-order valence-electron chi connectivity index (χ1n) is 17.5. The van der Waals surface area contributed by atoms with Gasteiger partial charge < -0.3 is 14.7 Å². The number of hydrogen-bond donors (Lipinski definition) is 1. The molecular weight excluding hydrogens is 522 g/mol. The van der Waals surface area contributed by atoms with Crippen molar-refractivity contribution >= 4 is 11.7 Å². The van der Waals surface area contributed by atoms with Crippen molar-refractivity contribution in [2.24, 2.45) is 40.4 Å². The fourth-order valence-electron chi connectivity index (χ4n) is 10.5. The fourth-order valence-corrected chi connectivity index (χ4v) is 10.5. The second-order valence-corrected chi connectivity index (χ2v) is 15.3. The molecule has 1 N–H and O–H groups in total. The number of carbonyl (C=O) groups is 2. The van der Waals surface area contributed by atoms with Crippen LogP contribution in [0.25, 0.3) is 0 Å². The lowest BCUT2D eigenvalue weighted by Crippen LogP contribution is -2.57. The van der Waals surface area contributed by atoms with Gasteiger partial charge in [0.25, 0.3) is 0 Å². The molecule has 1 amide bonds. The van der Waals surface area contributed by atoms with Crippen molar-refractivity contribution in [3.63, 3.8) is 0 Å². The Morgan fingerprint density at radius 3 is 2.67 bits per heavy atom. The average Bonchev–Trinajstić information content (AvgIpc) is 3.62. The topological polar surface area (TPSA) is 66.8 Å². The number of nitrogens with zero attached hydrogens (tertiary/aromatic N) is 1. The number of aryl methyl sites for hydroxylation is 1. The molecule has 1 heterocycles. The van der Waals surface area contributed by atoms with Crippen LogP contribution in [0.4, 0.5) is 0 Å². The van der Waals surface area contributed by atoms with Gasteiger partial charge in [-0.15, -0.1) is 0 Å². The van der Waals surface area contributed by atoms with E-state index in [1.807, 2.05) is 4.90 Å². The van der Waals surface area contributed by atoms with E-state index in [1.165, 1.54) is 37.7 Å². The molecule has 1 aliphatic heterocycles. The summed E-state index contributed by atoms with van der Waals surface area (Å²) in [5.74, 6) is 4.98. The minimum atomic E-state index is -0.143. The van der Waals surface area contributed by atoms with Crippen molar-refractivity contribution < 1.29 is 19.4 Å². The van der Waals surface area contributed by atoms with E-state index < -0.39 is 0 Å². The van der Waals surface area contributed by atoms with Gasteiger partial charge in [-0.05, 0) is 142 Å². The number of aliphatic hydroxyl groups excluding tert-OH is 1. The molecule has 0 aromatic heterocycles. The van der Waals surface area contributed by atoms with E-state index in [0.717, 1.165) is 83.0 Å². The van der Waals surface area contributed by atoms with Gasteiger partial charge >= 0.3 is 0 Å². The van der Waals surface area contributed by atoms with Gasteiger partial charge in [-0.1, -0.05) is 26.0 Å². The quantitative estimate of drug-likeness (QED) is 0.295. The van der Waals surface area contributed by atoms with Crippen molar-refractivity contribution in [1.82, 2.24) is 4.90 Å². The number of ketones is 1. The molecule has 5 heteroatoms. The highest BCUT2D eigenvalue weighted by Crippen LogP contribution is 2.67. The Kier molecular flexibility index (Phi) is 9.06. The first kappa shape index (κ1) is 30.2. The molecule has 1 saturated heterocycles. The highest BCUT2D eigenvalue weighted by Gasteiger charge is 2.62. The number of rotatable bonds is 10. The number of unbranched alkanes of at least 4 members (excludes halogenated alkanes) is 1. The molecular formula is C37H55NO4. The van der Waals surface area contributed by atoms with Crippen LogP contribution in [0.15, 0.2) is 24.3 Å². The Morgan fingerprint density at radius 2 is 1.83 bits per heavy atom. The lowest BCUT2D eigenvalue weighted by Gasteiger charge is -2.62. The predicted molar refractivity (Wildman–Crippen MR) is 166 cm³/mol. The van der Waals surface area contributed by atoms with Crippen LogP contribution >= 0.6 is 0 Å². The van der Waals surface area contributed by atoms with E-state index in [2.05, 4.69) is 38.1 Å². The van der Waals surface area contributed by atoms with Gasteiger partial charge in [0.05, 0.1) is 12.7 Å². The Labute approximate surface area is 254 Å². The third-order valence-corrected chi connectivity index (χ3v) is 13.1. The molecule has 4 saturated carbocycles. The van der Waals surface area contributed by atoms with Gasteiger partial charge in [-0.2, -0.15) is 0 Å². The lowest BCUT2D eigenvalue weighted by molar-refractivity contribution is -0.156. The molecule has 0 spiro atoms. The van der Waals surface area contributed by atoms with Crippen LogP contribution < -0.4 is 4.74 Å². The molecule has 232 valence electrons. The summed E-state index contributed by atoms with van der Waals surface area (Å²) < 4.78 is 6.09. The maximum atomic E-state index is 12.6. The van der Waals surface area contributed by atoms with E-state index in [0.29, 0.717) is 59.7 Å². The van der Waals surface area contributed by atoms with Gasteiger partial charge in [0.2, 0.25) is 5.91 Å². The molecule has 5 nitrogen and oxygen atoms in total. The first-order chi connectivity index (χ1) is 20.3. The SMILES string of the molecule is C[C@]12CCC(=O)C[C@@H]1C[C@@H](CCCc1cccc(OCCCCC(=O)N3CCCC3)c1)[C@@H]1[C@@H]2CC[C@]2(C)[C@@H](O)CC[C@@H]12. The number of likely N-dealkylation sites (tertiary alicyclic amines) is 1. The fraction of sp³-hybridized carbons (Fsp3) is 0.784. The normalized spacial score (nSPS) is 37.7. The second-order valence-electron chi connectivity index (χ2n) is 15.3. The molecule has 5 aliphatic rings. The zero-order chi connectivity index (χ0) is 29.3. The summed E-state index contributed by atoms with van der Waals surface area (Å²) in [4.78, 5) is 26.8. The predicted octanol–water partition coefficient (Wildman–Crippen LogP) is 7.38. The molecule has 0 unspecified atom stereocenters. The minimum absolute atomic E-state index is 0.0836. The zero-order valence-corrected chi connectivity index (χ0v) is 26.3. The summed E-state index contributed by atoms with van der Waals surface area (Å²) >= 11 is 0. The number of hydrogen-bond acceptors (Lipinski definition) is 4.